The molecule has 0 saturated carbocycles. The van der Waals surface area contributed by atoms with E-state index in [1.807, 2.05) is 0 Å². The van der Waals surface area contributed by atoms with Crippen LogP contribution in [0.3, 0.4) is 0 Å². The van der Waals surface area contributed by atoms with Gasteiger partial charge < -0.3 is 14.2 Å². The summed E-state index contributed by atoms with van der Waals surface area (Å²) < 4.78 is 15.6. The van der Waals surface area contributed by atoms with Gasteiger partial charge in [0.25, 0.3) is 11.8 Å². The molecule has 0 saturated heterocycles. The Bertz CT molecular complexity index is 828. The molecule has 2 aromatic carbocycles. The number of nitrogens with one attached hydrogen (secondary N) is 2. The van der Waals surface area contributed by atoms with E-state index < -0.39 is 11.8 Å². The first kappa shape index (κ1) is 17.2. The molecular formula is C16H12Cl2N2O5. The molecule has 0 unspecified atom stereocenters. The highest BCUT2D eigenvalue weighted by Crippen LogP contribution is 2.32. The lowest BCUT2D eigenvalue weighted by atomic mass is 10.2. The Morgan fingerprint density at radius 2 is 1.84 bits per heavy atom. The molecule has 1 aliphatic heterocycles. The molecule has 130 valence electrons. The minimum Gasteiger partial charge on any atom is -0.482 e. The number of benzene rings is 2. The summed E-state index contributed by atoms with van der Waals surface area (Å²) in [6.07, 6.45) is 0. The Morgan fingerprint density at radius 1 is 1.04 bits per heavy atom. The van der Waals surface area contributed by atoms with E-state index in [-0.39, 0.29) is 18.4 Å². The van der Waals surface area contributed by atoms with Crippen LogP contribution in [0.5, 0.6) is 17.2 Å². The molecule has 3 rings (SSSR count). The first-order valence-corrected chi connectivity index (χ1v) is 7.85. The van der Waals surface area contributed by atoms with Gasteiger partial charge in [-0.25, -0.2) is 0 Å². The Labute approximate surface area is 152 Å². The third-order valence-electron chi connectivity index (χ3n) is 3.20. The van der Waals surface area contributed by atoms with Crippen molar-refractivity contribution >= 4 is 35.0 Å². The Balaban J connectivity index is 1.49. The van der Waals surface area contributed by atoms with Crippen molar-refractivity contribution in [3.63, 3.8) is 0 Å². The lowest BCUT2D eigenvalue weighted by molar-refractivity contribution is -0.123. The number of rotatable bonds is 4. The second-order valence-corrected chi connectivity index (χ2v) is 5.78. The van der Waals surface area contributed by atoms with E-state index in [2.05, 4.69) is 10.9 Å². The van der Waals surface area contributed by atoms with Crippen LogP contribution < -0.4 is 25.1 Å². The Hall–Kier alpha value is -2.64. The van der Waals surface area contributed by atoms with Gasteiger partial charge in [0.1, 0.15) is 5.75 Å². The quantitative estimate of drug-likeness (QED) is 0.793. The van der Waals surface area contributed by atoms with Crippen molar-refractivity contribution in [2.75, 3.05) is 13.4 Å². The van der Waals surface area contributed by atoms with Gasteiger partial charge in [-0.2, -0.15) is 0 Å². The molecule has 0 aliphatic carbocycles. The monoisotopic (exact) mass is 382 g/mol. The van der Waals surface area contributed by atoms with Gasteiger partial charge >= 0.3 is 0 Å². The highest BCUT2D eigenvalue weighted by molar-refractivity contribution is 6.35. The van der Waals surface area contributed by atoms with Crippen molar-refractivity contribution in [2.45, 2.75) is 0 Å². The number of hydrogen-bond acceptors (Lipinski definition) is 5. The van der Waals surface area contributed by atoms with Crippen molar-refractivity contribution in [3.05, 3.63) is 52.0 Å². The molecule has 9 heteroatoms. The van der Waals surface area contributed by atoms with E-state index in [4.69, 9.17) is 37.4 Å². The van der Waals surface area contributed by atoms with Gasteiger partial charge in [-0.15, -0.1) is 0 Å². The lowest BCUT2D eigenvalue weighted by Crippen LogP contribution is -2.43. The molecule has 0 bridgehead atoms. The summed E-state index contributed by atoms with van der Waals surface area (Å²) in [5.74, 6) is 0.285. The summed E-state index contributed by atoms with van der Waals surface area (Å²) in [5.41, 5.74) is 4.84. The fraction of sp³-hybridized carbons (Fsp3) is 0.125. The molecule has 0 atom stereocenters. The van der Waals surface area contributed by atoms with E-state index in [0.717, 1.165) is 0 Å². The molecule has 0 spiro atoms. The smallest absolute Gasteiger partial charge is 0.276 e. The SMILES string of the molecule is O=C(COc1ccc(Cl)cc1Cl)NNC(=O)c1ccc2c(c1)OCO2. The predicted molar refractivity (Wildman–Crippen MR) is 90.1 cm³/mol. The first-order chi connectivity index (χ1) is 12.0. The standard InChI is InChI=1S/C16H12Cl2N2O5/c17-10-2-4-12(11(18)6-10)23-7-15(21)19-20-16(22)9-1-3-13-14(5-9)25-8-24-13/h1-6H,7-8H2,(H,19,21)(H,20,22). The molecule has 2 aromatic rings. The number of fused-ring (bicyclic) bond motifs is 1. The van der Waals surface area contributed by atoms with Crippen molar-refractivity contribution in [2.24, 2.45) is 0 Å². The number of carbonyl (C=O) groups excluding carboxylic acids is 2. The van der Waals surface area contributed by atoms with Gasteiger partial charge in [0.2, 0.25) is 6.79 Å². The fourth-order valence-corrected chi connectivity index (χ4v) is 2.47. The number of hydrazine groups is 1. The van der Waals surface area contributed by atoms with Crippen molar-refractivity contribution in [1.82, 2.24) is 10.9 Å². The zero-order valence-corrected chi connectivity index (χ0v) is 14.2. The molecule has 2 amide bonds. The van der Waals surface area contributed by atoms with Crippen LogP contribution in [0.1, 0.15) is 10.4 Å². The third kappa shape index (κ3) is 4.26. The van der Waals surface area contributed by atoms with Crippen LogP contribution in [-0.4, -0.2) is 25.2 Å². The second-order valence-electron chi connectivity index (χ2n) is 4.93. The molecule has 0 radical (unpaired) electrons. The molecule has 25 heavy (non-hydrogen) atoms. The molecule has 7 nitrogen and oxygen atoms in total. The van der Waals surface area contributed by atoms with Crippen LogP contribution in [0.15, 0.2) is 36.4 Å². The minimum atomic E-state index is -0.555. The average Bonchev–Trinajstić information content (AvgIpc) is 3.06. The Morgan fingerprint density at radius 3 is 2.64 bits per heavy atom. The van der Waals surface area contributed by atoms with Gasteiger partial charge in [0, 0.05) is 10.6 Å². The highest BCUT2D eigenvalue weighted by Gasteiger charge is 2.16. The summed E-state index contributed by atoms with van der Waals surface area (Å²) in [6, 6.07) is 9.32. The summed E-state index contributed by atoms with van der Waals surface area (Å²) in [4.78, 5) is 23.8. The number of hydrogen-bond donors (Lipinski definition) is 2. The largest absolute Gasteiger partial charge is 0.482 e. The van der Waals surface area contributed by atoms with E-state index in [1.54, 1.807) is 24.3 Å². The van der Waals surface area contributed by atoms with Crippen LogP contribution in [0.4, 0.5) is 0 Å². The van der Waals surface area contributed by atoms with Crippen LogP contribution >= 0.6 is 23.2 Å². The minimum absolute atomic E-state index is 0.113. The van der Waals surface area contributed by atoms with Crippen molar-refractivity contribution < 1.29 is 23.8 Å². The molecule has 0 aromatic heterocycles. The molecule has 1 aliphatic rings. The lowest BCUT2D eigenvalue weighted by Gasteiger charge is -2.10. The summed E-state index contributed by atoms with van der Waals surface area (Å²) in [7, 11) is 0. The molecule has 0 fully saturated rings. The molecular weight excluding hydrogens is 371 g/mol. The van der Waals surface area contributed by atoms with E-state index in [0.29, 0.717) is 27.8 Å². The fourth-order valence-electron chi connectivity index (χ4n) is 2.01. The van der Waals surface area contributed by atoms with E-state index in [1.165, 1.54) is 12.1 Å². The van der Waals surface area contributed by atoms with Crippen LogP contribution in [0.25, 0.3) is 0 Å². The van der Waals surface area contributed by atoms with Gasteiger partial charge in [-0.3, -0.25) is 20.4 Å². The molecule has 1 heterocycles. The predicted octanol–water partition coefficient (Wildman–Crippen LogP) is 2.56. The summed E-state index contributed by atoms with van der Waals surface area (Å²) in [6.45, 7) is -0.218. The Kier molecular flexibility index (Phi) is 5.16. The zero-order valence-electron chi connectivity index (χ0n) is 12.7. The third-order valence-corrected chi connectivity index (χ3v) is 3.73. The van der Waals surface area contributed by atoms with Crippen LogP contribution in [-0.2, 0) is 4.79 Å². The summed E-state index contributed by atoms with van der Waals surface area (Å²) in [5, 5.41) is 0.738. The maximum absolute atomic E-state index is 12.0. The maximum Gasteiger partial charge on any atom is 0.276 e. The van der Waals surface area contributed by atoms with Crippen molar-refractivity contribution in [1.29, 1.82) is 0 Å². The van der Waals surface area contributed by atoms with Gasteiger partial charge in [-0.05, 0) is 36.4 Å². The highest BCUT2D eigenvalue weighted by atomic mass is 35.5. The number of ether oxygens (including phenoxy) is 3. The zero-order chi connectivity index (χ0) is 17.8. The number of carbonyl (C=O) groups is 2. The number of amides is 2. The van der Waals surface area contributed by atoms with E-state index in [9.17, 15) is 9.59 Å². The van der Waals surface area contributed by atoms with Crippen LogP contribution in [0, 0.1) is 0 Å². The van der Waals surface area contributed by atoms with E-state index >= 15 is 0 Å². The topological polar surface area (TPSA) is 85.9 Å². The van der Waals surface area contributed by atoms with Gasteiger partial charge in [0.15, 0.2) is 18.1 Å². The second kappa shape index (κ2) is 7.50. The number of halogens is 2. The normalized spacial score (nSPS) is 11.8. The first-order valence-electron chi connectivity index (χ1n) is 7.09. The van der Waals surface area contributed by atoms with Crippen molar-refractivity contribution in [3.8, 4) is 17.2 Å². The van der Waals surface area contributed by atoms with Crippen LogP contribution in [0.2, 0.25) is 10.0 Å². The summed E-state index contributed by atoms with van der Waals surface area (Å²) >= 11 is 11.7. The van der Waals surface area contributed by atoms with Gasteiger partial charge in [-0.1, -0.05) is 23.2 Å². The maximum atomic E-state index is 12.0. The average molecular weight is 383 g/mol. The molecule has 2 N–H and O–H groups in total. The van der Waals surface area contributed by atoms with Gasteiger partial charge in [0.05, 0.1) is 5.02 Å².